The molecule has 82 valence electrons. The molecule has 0 bridgehead atoms. The number of hydrogen-bond acceptors (Lipinski definition) is 1. The summed E-state index contributed by atoms with van der Waals surface area (Å²) in [5.41, 5.74) is 2.91. The monoisotopic (exact) mass is 212 g/mol. The van der Waals surface area contributed by atoms with Crippen molar-refractivity contribution in [1.29, 1.82) is 0 Å². The molecule has 0 unspecified atom stereocenters. The summed E-state index contributed by atoms with van der Waals surface area (Å²) in [5, 5.41) is 0.396. The Bertz CT molecular complexity index is 195. The average Bonchev–Trinajstić information content (AvgIpc) is 2.01. The topological polar surface area (TPSA) is 0 Å². The molecule has 0 radical (unpaired) electrons. The highest BCUT2D eigenvalue weighted by Crippen LogP contribution is 2.11. The molecule has 0 aliphatic heterocycles. The lowest BCUT2D eigenvalue weighted by molar-refractivity contribution is 0.738. The van der Waals surface area contributed by atoms with Crippen molar-refractivity contribution in [3.05, 3.63) is 23.3 Å². The summed E-state index contributed by atoms with van der Waals surface area (Å²) >= 11 is 4.34. The number of rotatable bonds is 6. The zero-order valence-electron chi connectivity index (χ0n) is 10.0. The largest absolute Gasteiger partial charge is 0.172 e. The maximum atomic E-state index is 4.34. The summed E-state index contributed by atoms with van der Waals surface area (Å²) in [6.45, 7) is 8.63. The van der Waals surface area contributed by atoms with E-state index in [2.05, 4.69) is 52.5 Å². The van der Waals surface area contributed by atoms with Crippen LogP contribution >= 0.6 is 12.6 Å². The SMILES string of the molecule is CC(C)=CCCCC/C(C)=C/[C@H](C)S. The third-order valence-corrected chi connectivity index (χ3v) is 2.25. The van der Waals surface area contributed by atoms with E-state index in [4.69, 9.17) is 0 Å². The van der Waals surface area contributed by atoms with Gasteiger partial charge in [0.1, 0.15) is 0 Å². The van der Waals surface area contributed by atoms with E-state index in [0.717, 1.165) is 0 Å². The number of allylic oxidation sites excluding steroid dienone is 3. The summed E-state index contributed by atoms with van der Waals surface area (Å²) in [4.78, 5) is 0. The van der Waals surface area contributed by atoms with E-state index in [9.17, 15) is 0 Å². The van der Waals surface area contributed by atoms with E-state index in [0.29, 0.717) is 5.25 Å². The van der Waals surface area contributed by atoms with Crippen molar-refractivity contribution in [2.24, 2.45) is 0 Å². The Labute approximate surface area is 94.9 Å². The minimum Gasteiger partial charge on any atom is -0.172 e. The fourth-order valence-electron chi connectivity index (χ4n) is 1.43. The fraction of sp³-hybridized carbons (Fsp3) is 0.692. The Hall–Kier alpha value is -0.170. The van der Waals surface area contributed by atoms with Crippen molar-refractivity contribution >= 4 is 12.6 Å². The summed E-state index contributed by atoms with van der Waals surface area (Å²) in [5.74, 6) is 0. The van der Waals surface area contributed by atoms with Crippen LogP contribution in [-0.2, 0) is 0 Å². The smallest absolute Gasteiger partial charge is 0.0170 e. The molecule has 0 aromatic carbocycles. The molecule has 0 saturated carbocycles. The second kappa shape index (κ2) is 8.16. The minimum atomic E-state index is 0.396. The van der Waals surface area contributed by atoms with E-state index < -0.39 is 0 Å². The standard InChI is InChI=1S/C13H24S/c1-11(2)8-6-5-7-9-12(3)10-13(4)14/h8,10,13-14H,5-7,9H2,1-4H3/b12-10+/t13-/m0/s1. The van der Waals surface area contributed by atoms with Crippen LogP contribution in [-0.4, -0.2) is 5.25 Å². The van der Waals surface area contributed by atoms with Gasteiger partial charge in [0.05, 0.1) is 0 Å². The Balaban J connectivity index is 3.50. The molecule has 0 rings (SSSR count). The molecule has 0 aliphatic rings. The Kier molecular flexibility index (Phi) is 8.07. The third-order valence-electron chi connectivity index (χ3n) is 2.10. The summed E-state index contributed by atoms with van der Waals surface area (Å²) in [6, 6.07) is 0. The highest BCUT2D eigenvalue weighted by Gasteiger charge is 1.93. The fourth-order valence-corrected chi connectivity index (χ4v) is 1.69. The van der Waals surface area contributed by atoms with Gasteiger partial charge in [-0.05, 0) is 53.4 Å². The normalized spacial score (nSPS) is 13.9. The van der Waals surface area contributed by atoms with E-state index in [1.807, 2.05) is 0 Å². The molecule has 0 nitrogen and oxygen atoms in total. The first-order valence-electron chi connectivity index (χ1n) is 5.51. The van der Waals surface area contributed by atoms with Gasteiger partial charge in [-0.25, -0.2) is 0 Å². The highest BCUT2D eigenvalue weighted by molar-refractivity contribution is 7.81. The maximum Gasteiger partial charge on any atom is 0.0170 e. The number of thiol groups is 1. The Morgan fingerprint density at radius 3 is 2.36 bits per heavy atom. The van der Waals surface area contributed by atoms with Crippen LogP contribution in [0.4, 0.5) is 0 Å². The van der Waals surface area contributed by atoms with Gasteiger partial charge in [0.15, 0.2) is 0 Å². The van der Waals surface area contributed by atoms with Gasteiger partial charge >= 0.3 is 0 Å². The molecule has 0 aromatic heterocycles. The van der Waals surface area contributed by atoms with Gasteiger partial charge in [0.2, 0.25) is 0 Å². The van der Waals surface area contributed by atoms with Crippen LogP contribution in [0.2, 0.25) is 0 Å². The molecule has 1 heteroatoms. The van der Waals surface area contributed by atoms with Crippen LogP contribution in [0, 0.1) is 0 Å². The van der Waals surface area contributed by atoms with E-state index in [1.54, 1.807) is 0 Å². The summed E-state index contributed by atoms with van der Waals surface area (Å²) < 4.78 is 0. The highest BCUT2D eigenvalue weighted by atomic mass is 32.1. The quantitative estimate of drug-likeness (QED) is 0.366. The van der Waals surface area contributed by atoms with Crippen LogP contribution in [0.15, 0.2) is 23.3 Å². The molecule has 0 aromatic rings. The van der Waals surface area contributed by atoms with Gasteiger partial charge in [-0.1, -0.05) is 23.3 Å². The molecular formula is C13H24S. The third kappa shape index (κ3) is 9.91. The first-order chi connectivity index (χ1) is 6.52. The zero-order valence-corrected chi connectivity index (χ0v) is 10.9. The molecular weight excluding hydrogens is 188 g/mol. The average molecular weight is 212 g/mol. The summed E-state index contributed by atoms with van der Waals surface area (Å²) in [7, 11) is 0. The molecule has 14 heavy (non-hydrogen) atoms. The second-order valence-corrected chi connectivity index (χ2v) is 5.10. The van der Waals surface area contributed by atoms with Crippen LogP contribution in [0.25, 0.3) is 0 Å². The second-order valence-electron chi connectivity index (χ2n) is 4.28. The van der Waals surface area contributed by atoms with Gasteiger partial charge < -0.3 is 0 Å². The predicted octanol–water partition coefficient (Wildman–Crippen LogP) is 4.78. The molecule has 1 atom stereocenters. The van der Waals surface area contributed by atoms with Crippen LogP contribution in [0.3, 0.4) is 0 Å². The van der Waals surface area contributed by atoms with Crippen molar-refractivity contribution < 1.29 is 0 Å². The van der Waals surface area contributed by atoms with E-state index in [-0.39, 0.29) is 0 Å². The molecule has 0 amide bonds. The van der Waals surface area contributed by atoms with Crippen molar-refractivity contribution in [3.8, 4) is 0 Å². The molecule has 0 saturated heterocycles. The predicted molar refractivity (Wildman–Crippen MR) is 70.1 cm³/mol. The minimum absolute atomic E-state index is 0.396. The van der Waals surface area contributed by atoms with Crippen LogP contribution in [0.1, 0.15) is 53.4 Å². The van der Waals surface area contributed by atoms with E-state index >= 15 is 0 Å². The molecule has 0 fully saturated rings. The van der Waals surface area contributed by atoms with Gasteiger partial charge in [-0.15, -0.1) is 0 Å². The van der Waals surface area contributed by atoms with E-state index in [1.165, 1.54) is 36.8 Å². The molecule has 0 spiro atoms. The lowest BCUT2D eigenvalue weighted by Gasteiger charge is -2.02. The zero-order chi connectivity index (χ0) is 11.0. The van der Waals surface area contributed by atoms with Gasteiger partial charge in [0, 0.05) is 5.25 Å². The lowest BCUT2D eigenvalue weighted by Crippen LogP contribution is -1.87. The lowest BCUT2D eigenvalue weighted by atomic mass is 10.1. The molecule has 0 heterocycles. The first-order valence-corrected chi connectivity index (χ1v) is 6.02. The Morgan fingerprint density at radius 1 is 1.21 bits per heavy atom. The van der Waals surface area contributed by atoms with Gasteiger partial charge in [-0.2, -0.15) is 12.6 Å². The van der Waals surface area contributed by atoms with Crippen molar-refractivity contribution in [2.45, 2.75) is 58.6 Å². The van der Waals surface area contributed by atoms with Crippen LogP contribution in [0.5, 0.6) is 0 Å². The van der Waals surface area contributed by atoms with Crippen molar-refractivity contribution in [2.75, 3.05) is 0 Å². The molecule has 0 N–H and O–H groups in total. The number of hydrogen-bond donors (Lipinski definition) is 1. The number of unbranched alkanes of at least 4 members (excludes halogenated alkanes) is 2. The van der Waals surface area contributed by atoms with Gasteiger partial charge in [-0.3, -0.25) is 0 Å². The van der Waals surface area contributed by atoms with Crippen molar-refractivity contribution in [1.82, 2.24) is 0 Å². The summed E-state index contributed by atoms with van der Waals surface area (Å²) in [6.07, 6.45) is 9.61. The maximum absolute atomic E-state index is 4.34. The Morgan fingerprint density at radius 2 is 1.86 bits per heavy atom. The van der Waals surface area contributed by atoms with Crippen LogP contribution < -0.4 is 0 Å². The molecule has 0 aliphatic carbocycles. The van der Waals surface area contributed by atoms with Crippen molar-refractivity contribution in [3.63, 3.8) is 0 Å². The van der Waals surface area contributed by atoms with Gasteiger partial charge in [0.25, 0.3) is 0 Å². The first kappa shape index (κ1) is 13.8.